The van der Waals surface area contributed by atoms with Gasteiger partial charge in [-0.2, -0.15) is 26.0 Å². The molecule has 9 nitrogen and oxygen atoms in total. The van der Waals surface area contributed by atoms with Crippen molar-refractivity contribution >= 4 is 44.3 Å². The standard InChI is InChI=1S/C23H22ClF3N4O5S2/c1-15(16-5-3-2-4-6-16)30-11-9-17(10-12-30)35-20-8-7-18(13-19(20)24)38(33,34)31(22-28-14-29-37-22)36-21(32)23(25,26)27/h2-8,13-15,17H,9-12H2,1H3/t15-/m0/s1. The van der Waals surface area contributed by atoms with Gasteiger partial charge in [0, 0.05) is 30.7 Å². The Balaban J connectivity index is 1.45. The second kappa shape index (κ2) is 11.4. The lowest BCUT2D eigenvalue weighted by atomic mass is 10.0. The molecular weight excluding hydrogens is 569 g/mol. The van der Waals surface area contributed by atoms with Gasteiger partial charge in [0.25, 0.3) is 15.2 Å². The maximum atomic E-state index is 13.1. The van der Waals surface area contributed by atoms with Gasteiger partial charge in [-0.05, 0) is 43.5 Å². The van der Waals surface area contributed by atoms with Crippen molar-refractivity contribution in [2.45, 2.75) is 43.0 Å². The fourth-order valence-electron chi connectivity index (χ4n) is 3.90. The van der Waals surface area contributed by atoms with Gasteiger partial charge in [-0.1, -0.05) is 46.4 Å². The number of likely N-dealkylation sites (tertiary alicyclic amines) is 1. The zero-order valence-electron chi connectivity index (χ0n) is 19.8. The summed E-state index contributed by atoms with van der Waals surface area (Å²) in [5.74, 6) is -2.52. The Labute approximate surface area is 225 Å². The van der Waals surface area contributed by atoms with E-state index in [1.165, 1.54) is 11.6 Å². The molecule has 0 bridgehead atoms. The Morgan fingerprint density at radius 3 is 2.45 bits per heavy atom. The SMILES string of the molecule is C[C@@H](c1ccccc1)N1CCC(Oc2ccc(S(=O)(=O)N(OC(=O)C(F)(F)F)c3ncns3)cc2Cl)CC1. The summed E-state index contributed by atoms with van der Waals surface area (Å²) in [4.78, 5) is 20.9. The molecule has 3 aromatic rings. The number of rotatable bonds is 8. The highest BCUT2D eigenvalue weighted by Gasteiger charge is 2.45. The van der Waals surface area contributed by atoms with E-state index >= 15 is 0 Å². The van der Waals surface area contributed by atoms with Crippen LogP contribution in [0.1, 0.15) is 31.4 Å². The first kappa shape index (κ1) is 28.1. The van der Waals surface area contributed by atoms with Crippen molar-refractivity contribution < 1.29 is 36.0 Å². The van der Waals surface area contributed by atoms with Gasteiger partial charge in [0.1, 0.15) is 18.2 Å². The van der Waals surface area contributed by atoms with Crippen LogP contribution in [0.15, 0.2) is 59.8 Å². The van der Waals surface area contributed by atoms with E-state index in [2.05, 4.69) is 38.2 Å². The van der Waals surface area contributed by atoms with Crippen molar-refractivity contribution in [3.05, 3.63) is 65.4 Å². The summed E-state index contributed by atoms with van der Waals surface area (Å²) in [5, 5.41) is -0.680. The topological polar surface area (TPSA) is 102 Å². The summed E-state index contributed by atoms with van der Waals surface area (Å²) in [6.07, 6.45) is -3.28. The minimum absolute atomic E-state index is 0.0782. The molecular formula is C23H22ClF3N4O5S2. The predicted octanol–water partition coefficient (Wildman–Crippen LogP) is 5.01. The number of benzene rings is 2. The van der Waals surface area contributed by atoms with E-state index in [-0.39, 0.29) is 27.4 Å². The fourth-order valence-corrected chi connectivity index (χ4v) is 6.09. The normalized spacial score (nSPS) is 16.1. The van der Waals surface area contributed by atoms with Gasteiger partial charge < -0.3 is 9.57 Å². The molecule has 38 heavy (non-hydrogen) atoms. The summed E-state index contributed by atoms with van der Waals surface area (Å²) in [5.41, 5.74) is 1.22. The Bertz CT molecular complexity index is 1350. The quantitative estimate of drug-likeness (QED) is 0.337. The largest absolute Gasteiger partial charge is 0.493 e. The molecule has 0 amide bonds. The van der Waals surface area contributed by atoms with E-state index in [0.29, 0.717) is 24.4 Å². The molecule has 1 atom stereocenters. The fraction of sp³-hybridized carbons (Fsp3) is 0.348. The van der Waals surface area contributed by atoms with Crippen LogP contribution in [0, 0.1) is 0 Å². The monoisotopic (exact) mass is 590 g/mol. The van der Waals surface area contributed by atoms with Crippen molar-refractivity contribution in [1.82, 2.24) is 14.3 Å². The molecule has 15 heteroatoms. The van der Waals surface area contributed by atoms with E-state index in [1.807, 2.05) is 18.2 Å². The second-order valence-electron chi connectivity index (χ2n) is 8.36. The first-order valence-electron chi connectivity index (χ1n) is 11.3. The van der Waals surface area contributed by atoms with E-state index in [9.17, 15) is 26.4 Å². The maximum absolute atomic E-state index is 13.1. The first-order chi connectivity index (χ1) is 18.0. The summed E-state index contributed by atoms with van der Waals surface area (Å²) < 4.78 is 73.8. The molecule has 1 aliphatic rings. The third-order valence-corrected chi connectivity index (χ3v) is 8.50. The van der Waals surface area contributed by atoms with E-state index in [1.54, 1.807) is 0 Å². The van der Waals surface area contributed by atoms with Gasteiger partial charge >= 0.3 is 12.1 Å². The number of alkyl halides is 3. The lowest BCUT2D eigenvalue weighted by Crippen LogP contribution is -2.39. The number of hydrogen-bond donors (Lipinski definition) is 0. The highest BCUT2D eigenvalue weighted by molar-refractivity contribution is 7.92. The average molecular weight is 591 g/mol. The number of anilines is 1. The molecule has 1 fully saturated rings. The number of aromatic nitrogens is 2. The van der Waals surface area contributed by atoms with E-state index in [4.69, 9.17) is 16.3 Å². The molecule has 0 saturated carbocycles. The van der Waals surface area contributed by atoms with Gasteiger partial charge in [-0.3, -0.25) is 4.90 Å². The number of hydrogen-bond acceptors (Lipinski definition) is 9. The van der Waals surface area contributed by atoms with E-state index < -0.39 is 32.2 Å². The molecule has 0 unspecified atom stereocenters. The predicted molar refractivity (Wildman–Crippen MR) is 133 cm³/mol. The van der Waals surface area contributed by atoms with Crippen molar-refractivity contribution in [1.29, 1.82) is 0 Å². The van der Waals surface area contributed by atoms with Gasteiger partial charge in [-0.15, -0.1) is 0 Å². The third kappa shape index (κ3) is 6.37. The smallest absolute Gasteiger partial charge is 0.489 e. The highest BCUT2D eigenvalue weighted by Crippen LogP contribution is 2.34. The molecule has 0 radical (unpaired) electrons. The van der Waals surface area contributed by atoms with Gasteiger partial charge in [0.15, 0.2) is 0 Å². The summed E-state index contributed by atoms with van der Waals surface area (Å²) >= 11 is 6.71. The molecule has 0 N–H and O–H groups in total. The number of halogens is 4. The van der Waals surface area contributed by atoms with Crippen molar-refractivity contribution in [3.8, 4) is 5.75 Å². The first-order valence-corrected chi connectivity index (χ1v) is 13.9. The number of carbonyl (C=O) groups is 1. The molecule has 0 spiro atoms. The molecule has 0 aliphatic carbocycles. The Morgan fingerprint density at radius 1 is 1.18 bits per heavy atom. The molecule has 1 aliphatic heterocycles. The maximum Gasteiger partial charge on any atom is 0.493 e. The molecule has 2 aromatic carbocycles. The lowest BCUT2D eigenvalue weighted by Gasteiger charge is -2.36. The average Bonchev–Trinajstić information content (AvgIpc) is 3.42. The number of piperidine rings is 1. The van der Waals surface area contributed by atoms with Crippen LogP contribution in [0.2, 0.25) is 5.02 Å². The second-order valence-corrected chi connectivity index (χ2v) is 11.3. The van der Waals surface area contributed by atoms with Crippen LogP contribution < -0.4 is 9.21 Å². The zero-order valence-corrected chi connectivity index (χ0v) is 22.2. The number of carbonyl (C=O) groups excluding carboxylic acids is 1. The van der Waals surface area contributed by atoms with Crippen LogP contribution in [0.25, 0.3) is 0 Å². The van der Waals surface area contributed by atoms with Crippen LogP contribution in [0.4, 0.5) is 18.3 Å². The summed E-state index contributed by atoms with van der Waals surface area (Å²) in [6.45, 7) is 3.71. The Kier molecular flexibility index (Phi) is 8.45. The van der Waals surface area contributed by atoms with Gasteiger partial charge in [-0.25, -0.2) is 9.78 Å². The minimum Gasteiger partial charge on any atom is -0.489 e. The van der Waals surface area contributed by atoms with Crippen LogP contribution in [0.3, 0.4) is 0 Å². The number of ether oxygens (including phenoxy) is 1. The Hall–Kier alpha value is -2.94. The molecule has 204 valence electrons. The summed E-state index contributed by atoms with van der Waals surface area (Å²) in [6, 6.07) is 13.8. The molecule has 4 rings (SSSR count). The minimum atomic E-state index is -5.44. The number of nitrogens with zero attached hydrogens (tertiary/aromatic N) is 4. The molecule has 2 heterocycles. The van der Waals surface area contributed by atoms with E-state index in [0.717, 1.165) is 31.5 Å². The molecule has 1 aromatic heterocycles. The lowest BCUT2D eigenvalue weighted by molar-refractivity contribution is -0.199. The van der Waals surface area contributed by atoms with Crippen LogP contribution in [0.5, 0.6) is 5.75 Å². The Morgan fingerprint density at radius 2 is 1.87 bits per heavy atom. The highest BCUT2D eigenvalue weighted by atomic mass is 35.5. The molecule has 1 saturated heterocycles. The zero-order chi connectivity index (χ0) is 27.5. The van der Waals surface area contributed by atoms with Crippen LogP contribution >= 0.6 is 23.1 Å². The van der Waals surface area contributed by atoms with Crippen molar-refractivity contribution in [2.24, 2.45) is 0 Å². The third-order valence-electron chi connectivity index (χ3n) is 5.92. The van der Waals surface area contributed by atoms with Crippen molar-refractivity contribution in [3.63, 3.8) is 0 Å². The van der Waals surface area contributed by atoms with Crippen LogP contribution in [-0.2, 0) is 19.7 Å². The number of sulfonamides is 1. The van der Waals surface area contributed by atoms with Crippen molar-refractivity contribution in [2.75, 3.05) is 17.6 Å². The van der Waals surface area contributed by atoms with Crippen LogP contribution in [-0.4, -0.2) is 54.0 Å². The van der Waals surface area contributed by atoms with Gasteiger partial charge in [0.2, 0.25) is 0 Å². The van der Waals surface area contributed by atoms with Gasteiger partial charge in [0.05, 0.1) is 9.92 Å². The summed E-state index contributed by atoms with van der Waals surface area (Å²) in [7, 11) is -4.84.